The van der Waals surface area contributed by atoms with Crippen LogP contribution in [-0.4, -0.2) is 54.3 Å². The quantitative estimate of drug-likeness (QED) is 0.818. The Hall–Kier alpha value is -1.30. The topological polar surface area (TPSA) is 67.9 Å². The molecule has 1 N–H and O–H groups in total. The Morgan fingerprint density at radius 3 is 2.23 bits per heavy atom. The van der Waals surface area contributed by atoms with Crippen LogP contribution in [0.4, 0.5) is 4.79 Å². The van der Waals surface area contributed by atoms with Gasteiger partial charge in [0.15, 0.2) is 0 Å². The molecule has 146 valence electrons. The van der Waals surface area contributed by atoms with Crippen molar-refractivity contribution >= 4 is 12.0 Å². The van der Waals surface area contributed by atoms with Gasteiger partial charge in [0.2, 0.25) is 5.91 Å². The van der Waals surface area contributed by atoms with Gasteiger partial charge in [-0.15, -0.1) is 0 Å². The Kier molecular flexibility index (Phi) is 4.66. The van der Waals surface area contributed by atoms with Crippen molar-refractivity contribution in [3.63, 3.8) is 0 Å². The first-order valence-corrected chi connectivity index (χ1v) is 10.2. The summed E-state index contributed by atoms with van der Waals surface area (Å²) in [7, 11) is 0. The van der Waals surface area contributed by atoms with E-state index in [0.29, 0.717) is 25.0 Å². The molecule has 0 radical (unpaired) electrons. The van der Waals surface area contributed by atoms with Crippen LogP contribution in [0.15, 0.2) is 0 Å². The Bertz CT molecular complexity index is 543. The van der Waals surface area contributed by atoms with Crippen molar-refractivity contribution in [2.45, 2.75) is 70.6 Å². The molecule has 0 aromatic carbocycles. The Labute approximate surface area is 156 Å². The fourth-order valence-electron chi connectivity index (χ4n) is 5.78. The lowest BCUT2D eigenvalue weighted by Gasteiger charge is -2.54. The minimum Gasteiger partial charge on any atom is -0.444 e. The first kappa shape index (κ1) is 18.1. The number of nitrogens with one attached hydrogen (secondary N) is 1. The first-order valence-electron chi connectivity index (χ1n) is 10.2. The van der Waals surface area contributed by atoms with Gasteiger partial charge in [0.1, 0.15) is 11.6 Å². The van der Waals surface area contributed by atoms with Crippen LogP contribution in [0.1, 0.15) is 52.9 Å². The molecule has 4 aliphatic carbocycles. The number of morpholine rings is 1. The molecule has 0 unspecified atom stereocenters. The van der Waals surface area contributed by atoms with E-state index in [-0.39, 0.29) is 18.6 Å². The lowest BCUT2D eigenvalue weighted by Crippen LogP contribution is -2.62. The third-order valence-corrected chi connectivity index (χ3v) is 6.59. The summed E-state index contributed by atoms with van der Waals surface area (Å²) in [6, 6.07) is -0.312. The van der Waals surface area contributed by atoms with E-state index in [0.717, 1.165) is 11.8 Å². The molecule has 1 atom stereocenters. The fourth-order valence-corrected chi connectivity index (χ4v) is 5.78. The van der Waals surface area contributed by atoms with Gasteiger partial charge in [0.05, 0.1) is 13.2 Å². The zero-order valence-electron chi connectivity index (χ0n) is 16.2. The number of ether oxygens (including phenoxy) is 2. The molecule has 6 heteroatoms. The summed E-state index contributed by atoms with van der Waals surface area (Å²) in [6.07, 6.45) is 6.01. The number of amides is 2. The van der Waals surface area contributed by atoms with Gasteiger partial charge in [-0.2, -0.15) is 0 Å². The number of hydrogen-bond acceptors (Lipinski definition) is 4. The van der Waals surface area contributed by atoms with E-state index in [9.17, 15) is 9.59 Å². The lowest BCUT2D eigenvalue weighted by atomic mass is 9.54. The summed E-state index contributed by atoms with van der Waals surface area (Å²) in [5.41, 5.74) is -0.572. The van der Waals surface area contributed by atoms with Gasteiger partial charge in [0.25, 0.3) is 0 Å². The van der Waals surface area contributed by atoms with Gasteiger partial charge in [-0.1, -0.05) is 0 Å². The number of rotatable bonds is 2. The molecule has 4 saturated carbocycles. The zero-order chi connectivity index (χ0) is 18.5. The molecule has 5 rings (SSSR count). The average Bonchev–Trinajstić information content (AvgIpc) is 2.56. The smallest absolute Gasteiger partial charge is 0.411 e. The summed E-state index contributed by atoms with van der Waals surface area (Å²) >= 11 is 0. The molecular weight excluding hydrogens is 332 g/mol. The molecule has 0 spiro atoms. The number of carbonyl (C=O) groups is 2. The van der Waals surface area contributed by atoms with Gasteiger partial charge in [-0.3, -0.25) is 9.69 Å². The maximum atomic E-state index is 13.0. The molecule has 0 aromatic rings. The molecule has 1 heterocycles. The van der Waals surface area contributed by atoms with E-state index >= 15 is 0 Å². The van der Waals surface area contributed by atoms with Gasteiger partial charge in [0, 0.05) is 12.6 Å². The van der Waals surface area contributed by atoms with Gasteiger partial charge in [-0.25, -0.2) is 4.79 Å². The number of hydrogen-bond donors (Lipinski definition) is 1. The van der Waals surface area contributed by atoms with Crippen LogP contribution in [-0.2, 0) is 14.3 Å². The van der Waals surface area contributed by atoms with Crippen molar-refractivity contribution in [3.05, 3.63) is 0 Å². The standard InChI is InChI=1S/C20H32N2O4/c1-20(2,3)26-19(24)22-4-5-25-11-16(22)18(23)21-17-14-7-12-6-13(9-14)10-15(17)8-12/h12-17H,4-11H2,1-3H3,(H,21,23)/t12?,13?,14?,15?,16-,17?/m1/s1. The zero-order valence-corrected chi connectivity index (χ0v) is 16.2. The fraction of sp³-hybridized carbons (Fsp3) is 0.900. The molecule has 6 nitrogen and oxygen atoms in total. The molecule has 2 amide bonds. The van der Waals surface area contributed by atoms with E-state index in [1.807, 2.05) is 20.8 Å². The van der Waals surface area contributed by atoms with Crippen LogP contribution >= 0.6 is 0 Å². The molecule has 26 heavy (non-hydrogen) atoms. The summed E-state index contributed by atoms with van der Waals surface area (Å²) in [4.78, 5) is 27.1. The molecule has 1 aliphatic heterocycles. The second-order valence-corrected chi connectivity index (χ2v) is 9.73. The van der Waals surface area contributed by atoms with E-state index in [1.54, 1.807) is 4.90 Å². The second-order valence-electron chi connectivity index (χ2n) is 9.73. The van der Waals surface area contributed by atoms with Gasteiger partial charge >= 0.3 is 6.09 Å². The molecule has 4 bridgehead atoms. The van der Waals surface area contributed by atoms with E-state index < -0.39 is 17.7 Å². The maximum absolute atomic E-state index is 13.0. The van der Waals surface area contributed by atoms with Crippen LogP contribution in [0.3, 0.4) is 0 Å². The highest BCUT2D eigenvalue weighted by atomic mass is 16.6. The minimum absolute atomic E-state index is 0.0759. The van der Waals surface area contributed by atoms with E-state index in [4.69, 9.17) is 9.47 Å². The molecule has 0 aromatic heterocycles. The van der Waals surface area contributed by atoms with Crippen molar-refractivity contribution in [2.75, 3.05) is 19.8 Å². The molecular formula is C20H32N2O4. The average molecular weight is 364 g/mol. The maximum Gasteiger partial charge on any atom is 0.411 e. The van der Waals surface area contributed by atoms with Crippen LogP contribution in [0, 0.1) is 23.7 Å². The van der Waals surface area contributed by atoms with E-state index in [1.165, 1.54) is 32.1 Å². The van der Waals surface area contributed by atoms with Crippen LogP contribution in [0.25, 0.3) is 0 Å². The van der Waals surface area contributed by atoms with Crippen LogP contribution in [0.5, 0.6) is 0 Å². The van der Waals surface area contributed by atoms with Crippen LogP contribution < -0.4 is 5.32 Å². The molecule has 1 saturated heterocycles. The monoisotopic (exact) mass is 364 g/mol. The summed E-state index contributed by atoms with van der Waals surface area (Å²) < 4.78 is 11.0. The van der Waals surface area contributed by atoms with Gasteiger partial charge in [-0.05, 0) is 76.5 Å². The summed E-state index contributed by atoms with van der Waals surface area (Å²) in [5.74, 6) is 2.92. The van der Waals surface area contributed by atoms with Crippen molar-refractivity contribution in [1.29, 1.82) is 0 Å². The highest BCUT2D eigenvalue weighted by Gasteiger charge is 2.49. The van der Waals surface area contributed by atoms with Crippen molar-refractivity contribution in [3.8, 4) is 0 Å². The SMILES string of the molecule is CC(C)(C)OC(=O)N1CCOC[C@@H]1C(=O)NC1C2CC3CC(C2)CC1C3. The largest absolute Gasteiger partial charge is 0.444 e. The highest BCUT2D eigenvalue weighted by molar-refractivity contribution is 5.86. The van der Waals surface area contributed by atoms with E-state index in [2.05, 4.69) is 5.32 Å². The van der Waals surface area contributed by atoms with Crippen LogP contribution in [0.2, 0.25) is 0 Å². The summed E-state index contributed by atoms with van der Waals surface area (Å²) in [5, 5.41) is 3.31. The predicted octanol–water partition coefficient (Wildman–Crippen LogP) is 2.56. The van der Waals surface area contributed by atoms with Crippen molar-refractivity contribution in [1.82, 2.24) is 10.2 Å². The lowest BCUT2D eigenvalue weighted by molar-refractivity contribution is -0.136. The second kappa shape index (κ2) is 6.70. The van der Waals surface area contributed by atoms with Crippen molar-refractivity contribution < 1.29 is 19.1 Å². The Morgan fingerprint density at radius 2 is 1.65 bits per heavy atom. The highest BCUT2D eigenvalue weighted by Crippen LogP contribution is 2.53. The third kappa shape index (κ3) is 3.57. The molecule has 5 aliphatic rings. The Balaban J connectivity index is 1.42. The first-order chi connectivity index (χ1) is 12.3. The minimum atomic E-state index is -0.587. The number of carbonyl (C=O) groups excluding carboxylic acids is 2. The number of nitrogens with zero attached hydrogens (tertiary/aromatic N) is 1. The summed E-state index contributed by atoms with van der Waals surface area (Å²) in [6.45, 7) is 6.62. The Morgan fingerprint density at radius 1 is 1.04 bits per heavy atom. The van der Waals surface area contributed by atoms with Gasteiger partial charge < -0.3 is 14.8 Å². The van der Waals surface area contributed by atoms with Crippen molar-refractivity contribution in [2.24, 2.45) is 23.7 Å². The third-order valence-electron chi connectivity index (χ3n) is 6.59. The predicted molar refractivity (Wildman–Crippen MR) is 96.5 cm³/mol. The molecule has 5 fully saturated rings. The normalized spacial score (nSPS) is 39.0.